The molecule has 2 N–H and O–H groups in total. The minimum atomic E-state index is -5.13. The number of carboxylic acid groups (broad SMARTS) is 1. The first-order chi connectivity index (χ1) is 17.2. The summed E-state index contributed by atoms with van der Waals surface area (Å²) in [7, 11) is 1.33. The number of oxazole rings is 1. The molecule has 37 heavy (non-hydrogen) atoms. The van der Waals surface area contributed by atoms with E-state index in [1.807, 2.05) is 0 Å². The van der Waals surface area contributed by atoms with Crippen molar-refractivity contribution in [2.75, 3.05) is 0 Å². The fourth-order valence-electron chi connectivity index (χ4n) is 3.90. The third-order valence-electron chi connectivity index (χ3n) is 6.00. The Bertz CT molecular complexity index is 1580. The van der Waals surface area contributed by atoms with E-state index in [9.17, 15) is 27.9 Å². The highest BCUT2D eigenvalue weighted by Crippen LogP contribution is 2.50. The van der Waals surface area contributed by atoms with Gasteiger partial charge in [-0.05, 0) is 41.5 Å². The van der Waals surface area contributed by atoms with E-state index in [2.05, 4.69) is 4.98 Å². The molecule has 0 unspecified atom stereocenters. The highest BCUT2D eigenvalue weighted by Gasteiger charge is 2.59. The number of rotatable bonds is 6. The van der Waals surface area contributed by atoms with Gasteiger partial charge in [0, 0.05) is 24.2 Å². The van der Waals surface area contributed by atoms with Gasteiger partial charge in [0.15, 0.2) is 11.2 Å². The van der Waals surface area contributed by atoms with Crippen LogP contribution in [0.25, 0.3) is 11.1 Å². The average Bonchev–Trinajstić information content (AvgIpc) is 3.11. The van der Waals surface area contributed by atoms with Gasteiger partial charge in [-0.25, -0.2) is 14.6 Å². The molecule has 0 bridgehead atoms. The van der Waals surface area contributed by atoms with Crippen LogP contribution < -0.4 is 10.5 Å². The molecule has 0 spiro atoms. The molecule has 0 amide bonds. The minimum absolute atomic E-state index is 0.0460. The largest absolute Gasteiger partial charge is 0.478 e. The van der Waals surface area contributed by atoms with Crippen LogP contribution in [0.4, 0.5) is 13.2 Å². The normalized spacial score (nSPS) is 14.4. The van der Waals surface area contributed by atoms with Crippen molar-refractivity contribution in [3.05, 3.63) is 85.9 Å². The quantitative estimate of drug-likeness (QED) is 0.305. The topological polar surface area (TPSA) is 115 Å². The van der Waals surface area contributed by atoms with E-state index in [1.165, 1.54) is 31.3 Å². The second-order valence-electron chi connectivity index (χ2n) is 8.20. The summed E-state index contributed by atoms with van der Waals surface area (Å²) in [6, 6.07) is 8.17. The number of carboxylic acids is 1. The number of aromatic nitrogens is 2. The molecular formula is C24H17Cl2F3N2O6. The number of pyridine rings is 1. The van der Waals surface area contributed by atoms with E-state index in [4.69, 9.17) is 37.5 Å². The average molecular weight is 557 g/mol. The number of hydrogen-bond acceptors (Lipinski definition) is 6. The van der Waals surface area contributed by atoms with Gasteiger partial charge in [-0.1, -0.05) is 42.3 Å². The molecule has 0 aliphatic heterocycles. The Morgan fingerprint density at radius 2 is 1.84 bits per heavy atom. The summed E-state index contributed by atoms with van der Waals surface area (Å²) in [5.74, 6) is -3.69. The molecule has 0 aliphatic carbocycles. The van der Waals surface area contributed by atoms with Gasteiger partial charge in [-0.2, -0.15) is 13.2 Å². The zero-order valence-corrected chi connectivity index (χ0v) is 20.5. The van der Waals surface area contributed by atoms with Crippen LogP contribution in [-0.4, -0.2) is 31.9 Å². The molecule has 0 saturated carbocycles. The van der Waals surface area contributed by atoms with Crippen LogP contribution in [-0.2, 0) is 12.6 Å². The summed E-state index contributed by atoms with van der Waals surface area (Å²) >= 11 is 12.3. The Balaban J connectivity index is 1.72. The Morgan fingerprint density at radius 3 is 2.43 bits per heavy atom. The van der Waals surface area contributed by atoms with Crippen molar-refractivity contribution in [1.82, 2.24) is 9.55 Å². The lowest BCUT2D eigenvalue weighted by Gasteiger charge is -2.37. The van der Waals surface area contributed by atoms with E-state index in [-0.39, 0.29) is 43.9 Å². The smallest absolute Gasteiger partial charge is 0.422 e. The van der Waals surface area contributed by atoms with Crippen molar-refractivity contribution in [2.45, 2.75) is 24.6 Å². The number of carbonyl (C=O) groups is 1. The van der Waals surface area contributed by atoms with Gasteiger partial charge in [0.25, 0.3) is 0 Å². The maximum absolute atomic E-state index is 14.4. The van der Waals surface area contributed by atoms with Crippen molar-refractivity contribution >= 4 is 40.3 Å². The predicted octanol–water partition coefficient (Wildman–Crippen LogP) is 5.88. The number of benzene rings is 2. The lowest BCUT2D eigenvalue weighted by Crippen LogP contribution is -2.46. The van der Waals surface area contributed by atoms with E-state index < -0.39 is 35.0 Å². The van der Waals surface area contributed by atoms with Crippen molar-refractivity contribution in [3.63, 3.8) is 0 Å². The van der Waals surface area contributed by atoms with E-state index in [0.29, 0.717) is 0 Å². The standard InChI is InChI=1S/C24H17Cl2F3N2O6/c1-11(23(35,24(27,28)29)13-3-6-19-18(8-13)31(2)22(34)37-19)15-5-4-14(9-16(15)25)36-20-17(26)7-12(10-30-20)21(32)33/h3-11,35H,1-2H3,(H,32,33)/t11-,23-/m1/s1. The third kappa shape index (κ3) is 4.65. The van der Waals surface area contributed by atoms with E-state index in [0.717, 1.165) is 35.9 Å². The molecule has 0 radical (unpaired) electrons. The summed E-state index contributed by atoms with van der Waals surface area (Å²) in [6.45, 7) is 1.16. The first kappa shape index (κ1) is 26.5. The number of hydrogen-bond donors (Lipinski definition) is 2. The van der Waals surface area contributed by atoms with Crippen molar-refractivity contribution in [2.24, 2.45) is 7.05 Å². The first-order valence-electron chi connectivity index (χ1n) is 10.5. The van der Waals surface area contributed by atoms with Gasteiger partial charge in [-0.15, -0.1) is 0 Å². The molecule has 2 atom stereocenters. The Hall–Kier alpha value is -3.54. The fraction of sp³-hybridized carbons (Fsp3) is 0.208. The third-order valence-corrected chi connectivity index (χ3v) is 6.60. The Kier molecular flexibility index (Phi) is 6.74. The molecule has 4 aromatic rings. The number of aryl methyl sites for hydroxylation is 1. The van der Waals surface area contributed by atoms with Crippen LogP contribution in [0, 0.1) is 0 Å². The number of alkyl halides is 3. The lowest BCUT2D eigenvalue weighted by molar-refractivity contribution is -0.274. The maximum atomic E-state index is 14.4. The summed E-state index contributed by atoms with van der Waals surface area (Å²) in [6.07, 6.45) is -4.11. The number of ether oxygens (including phenoxy) is 1. The fourth-order valence-corrected chi connectivity index (χ4v) is 4.44. The van der Waals surface area contributed by atoms with Gasteiger partial charge >= 0.3 is 17.9 Å². The molecule has 8 nitrogen and oxygen atoms in total. The Morgan fingerprint density at radius 1 is 1.14 bits per heavy atom. The second kappa shape index (κ2) is 9.40. The van der Waals surface area contributed by atoms with Gasteiger partial charge in [0.2, 0.25) is 5.88 Å². The molecular weight excluding hydrogens is 540 g/mol. The van der Waals surface area contributed by atoms with Crippen molar-refractivity contribution < 1.29 is 37.3 Å². The summed E-state index contributed by atoms with van der Waals surface area (Å²) < 4.78 is 54.7. The van der Waals surface area contributed by atoms with E-state index >= 15 is 0 Å². The molecule has 2 aromatic heterocycles. The zero-order valence-electron chi connectivity index (χ0n) is 19.0. The molecule has 0 fully saturated rings. The number of fused-ring (bicyclic) bond motifs is 1. The number of aromatic carboxylic acids is 1. The lowest BCUT2D eigenvalue weighted by atomic mass is 9.77. The van der Waals surface area contributed by atoms with Crippen molar-refractivity contribution in [1.29, 1.82) is 0 Å². The van der Waals surface area contributed by atoms with Crippen LogP contribution in [0.1, 0.15) is 34.3 Å². The highest BCUT2D eigenvalue weighted by molar-refractivity contribution is 6.32. The van der Waals surface area contributed by atoms with Crippen LogP contribution in [0.15, 0.2) is 57.9 Å². The van der Waals surface area contributed by atoms with Crippen LogP contribution in [0.5, 0.6) is 11.6 Å². The summed E-state index contributed by atoms with van der Waals surface area (Å²) in [4.78, 5) is 26.6. The Labute approximate surface area is 216 Å². The maximum Gasteiger partial charge on any atom is 0.422 e. The second-order valence-corrected chi connectivity index (χ2v) is 9.01. The number of halogens is 5. The van der Waals surface area contributed by atoms with Crippen LogP contribution in [0.3, 0.4) is 0 Å². The van der Waals surface area contributed by atoms with Crippen LogP contribution >= 0.6 is 23.2 Å². The monoisotopic (exact) mass is 556 g/mol. The van der Waals surface area contributed by atoms with Gasteiger partial charge in [0.1, 0.15) is 10.8 Å². The summed E-state index contributed by atoms with van der Waals surface area (Å²) in [5, 5.41) is 19.9. The molecule has 2 heterocycles. The first-order valence-corrected chi connectivity index (χ1v) is 11.2. The van der Waals surface area contributed by atoms with Gasteiger partial charge in [-0.3, -0.25) is 4.57 Å². The van der Waals surface area contributed by atoms with Gasteiger partial charge < -0.3 is 19.4 Å². The number of nitrogens with zero attached hydrogens (tertiary/aromatic N) is 2. The molecule has 2 aromatic carbocycles. The number of aliphatic hydroxyl groups is 1. The predicted molar refractivity (Wildman–Crippen MR) is 128 cm³/mol. The molecule has 194 valence electrons. The van der Waals surface area contributed by atoms with Crippen molar-refractivity contribution in [3.8, 4) is 11.6 Å². The molecule has 13 heteroatoms. The van der Waals surface area contributed by atoms with Gasteiger partial charge in [0.05, 0.1) is 11.1 Å². The molecule has 0 saturated heterocycles. The minimum Gasteiger partial charge on any atom is -0.478 e. The SMILES string of the molecule is C[C@H](c1ccc(Oc2ncc(C(=O)O)cc2Cl)cc1Cl)[C@@](O)(c1ccc2oc(=O)n(C)c2c1)C(F)(F)F. The highest BCUT2D eigenvalue weighted by atomic mass is 35.5. The molecule has 0 aliphatic rings. The van der Waals surface area contributed by atoms with E-state index in [1.54, 1.807) is 0 Å². The zero-order chi connectivity index (χ0) is 27.3. The van der Waals surface area contributed by atoms with Crippen LogP contribution in [0.2, 0.25) is 10.0 Å². The molecule has 4 rings (SSSR count). The summed E-state index contributed by atoms with van der Waals surface area (Å²) in [5.41, 5.74) is -3.97.